The van der Waals surface area contributed by atoms with Crippen molar-refractivity contribution in [3.05, 3.63) is 63.5 Å². The maximum Gasteiger partial charge on any atom is 0.314 e. The van der Waals surface area contributed by atoms with Crippen molar-refractivity contribution in [1.29, 1.82) is 0 Å². The molecule has 0 aliphatic rings. The van der Waals surface area contributed by atoms with Crippen LogP contribution in [0, 0.1) is 22.9 Å². The van der Waals surface area contributed by atoms with Crippen LogP contribution in [0.25, 0.3) is 0 Å². The molecule has 21 heavy (non-hydrogen) atoms. The Hall–Kier alpha value is -2.47. The molecule has 0 spiro atoms. The molecule has 0 aromatic heterocycles. The van der Waals surface area contributed by atoms with Gasteiger partial charge in [-0.3, -0.25) is 10.1 Å². The number of nitro benzene ring substituents is 1. The molecule has 0 amide bonds. The lowest BCUT2D eigenvalue weighted by atomic mass is 10.1. The standard InChI is InChI=1S/C15H14FNO4/c1-9-5-3-8-13(15(9)17(19)20)21-12-7-4-6-11(16)14(12)10(2)18/h3-8,10,18H,1-2H3/t10-/m0/s1. The van der Waals surface area contributed by atoms with E-state index in [1.54, 1.807) is 19.1 Å². The smallest absolute Gasteiger partial charge is 0.314 e. The molecule has 0 fully saturated rings. The number of hydrogen-bond acceptors (Lipinski definition) is 4. The van der Waals surface area contributed by atoms with E-state index in [-0.39, 0.29) is 22.7 Å². The van der Waals surface area contributed by atoms with Crippen molar-refractivity contribution < 1.29 is 19.2 Å². The van der Waals surface area contributed by atoms with Crippen LogP contribution in [0.5, 0.6) is 11.5 Å². The van der Waals surface area contributed by atoms with E-state index in [4.69, 9.17) is 4.74 Å². The van der Waals surface area contributed by atoms with E-state index < -0.39 is 16.8 Å². The minimum absolute atomic E-state index is 0.00694. The van der Waals surface area contributed by atoms with E-state index in [1.165, 1.54) is 31.2 Å². The van der Waals surface area contributed by atoms with Crippen LogP contribution in [0.4, 0.5) is 10.1 Å². The van der Waals surface area contributed by atoms with Crippen LogP contribution in [-0.2, 0) is 0 Å². The molecular weight excluding hydrogens is 277 g/mol. The Labute approximate surface area is 120 Å². The number of benzene rings is 2. The Morgan fingerprint density at radius 3 is 2.48 bits per heavy atom. The lowest BCUT2D eigenvalue weighted by Gasteiger charge is -2.14. The summed E-state index contributed by atoms with van der Waals surface area (Å²) in [4.78, 5) is 10.6. The predicted octanol–water partition coefficient (Wildman–Crippen LogP) is 3.89. The number of rotatable bonds is 4. The highest BCUT2D eigenvalue weighted by atomic mass is 19.1. The molecule has 6 heteroatoms. The molecule has 2 rings (SSSR count). The Bertz CT molecular complexity index is 685. The van der Waals surface area contributed by atoms with Crippen molar-refractivity contribution >= 4 is 5.69 Å². The average Bonchev–Trinajstić information content (AvgIpc) is 2.37. The third kappa shape index (κ3) is 3.00. The van der Waals surface area contributed by atoms with Gasteiger partial charge in [-0.1, -0.05) is 18.2 Å². The average molecular weight is 291 g/mol. The first-order valence-corrected chi connectivity index (χ1v) is 6.30. The van der Waals surface area contributed by atoms with Crippen molar-refractivity contribution in [1.82, 2.24) is 0 Å². The van der Waals surface area contributed by atoms with Gasteiger partial charge in [0.15, 0.2) is 0 Å². The number of nitro groups is 1. The molecule has 0 bridgehead atoms. The number of hydrogen-bond donors (Lipinski definition) is 1. The minimum Gasteiger partial charge on any atom is -0.450 e. The van der Waals surface area contributed by atoms with Crippen molar-refractivity contribution in [2.75, 3.05) is 0 Å². The topological polar surface area (TPSA) is 72.6 Å². The van der Waals surface area contributed by atoms with E-state index in [2.05, 4.69) is 0 Å². The molecule has 0 saturated carbocycles. The van der Waals surface area contributed by atoms with Crippen molar-refractivity contribution in [3.8, 4) is 11.5 Å². The largest absolute Gasteiger partial charge is 0.450 e. The fourth-order valence-corrected chi connectivity index (χ4v) is 2.08. The molecule has 0 radical (unpaired) electrons. The fraction of sp³-hybridized carbons (Fsp3) is 0.200. The van der Waals surface area contributed by atoms with Gasteiger partial charge in [0.05, 0.1) is 16.6 Å². The second-order valence-corrected chi connectivity index (χ2v) is 4.61. The Morgan fingerprint density at radius 2 is 1.86 bits per heavy atom. The number of aryl methyl sites for hydroxylation is 1. The first-order valence-electron chi connectivity index (χ1n) is 6.30. The van der Waals surface area contributed by atoms with Gasteiger partial charge in [0.2, 0.25) is 5.75 Å². The summed E-state index contributed by atoms with van der Waals surface area (Å²) in [5.74, 6) is -0.566. The van der Waals surface area contributed by atoms with Gasteiger partial charge in [-0.15, -0.1) is 0 Å². The maximum absolute atomic E-state index is 13.8. The molecule has 0 aliphatic heterocycles. The molecule has 0 heterocycles. The summed E-state index contributed by atoms with van der Waals surface area (Å²) in [5.41, 5.74) is 0.221. The fourth-order valence-electron chi connectivity index (χ4n) is 2.08. The number of aliphatic hydroxyl groups excluding tert-OH is 1. The van der Waals surface area contributed by atoms with E-state index in [1.807, 2.05) is 0 Å². The number of nitrogens with zero attached hydrogens (tertiary/aromatic N) is 1. The van der Waals surface area contributed by atoms with Crippen LogP contribution >= 0.6 is 0 Å². The van der Waals surface area contributed by atoms with Crippen molar-refractivity contribution in [2.24, 2.45) is 0 Å². The number of ether oxygens (including phenoxy) is 1. The molecule has 1 N–H and O–H groups in total. The lowest BCUT2D eigenvalue weighted by Crippen LogP contribution is -2.01. The second-order valence-electron chi connectivity index (χ2n) is 4.61. The van der Waals surface area contributed by atoms with Crippen LogP contribution in [0.2, 0.25) is 0 Å². The third-order valence-electron chi connectivity index (χ3n) is 3.03. The summed E-state index contributed by atoms with van der Waals surface area (Å²) in [6.45, 7) is 2.99. The summed E-state index contributed by atoms with van der Waals surface area (Å²) in [6, 6.07) is 8.70. The van der Waals surface area contributed by atoms with Gasteiger partial charge in [-0.2, -0.15) is 0 Å². The van der Waals surface area contributed by atoms with Gasteiger partial charge in [0.25, 0.3) is 0 Å². The zero-order chi connectivity index (χ0) is 15.6. The first-order chi connectivity index (χ1) is 9.91. The summed E-state index contributed by atoms with van der Waals surface area (Å²) in [7, 11) is 0. The SMILES string of the molecule is Cc1cccc(Oc2cccc(F)c2[C@H](C)O)c1[N+](=O)[O-]. The minimum atomic E-state index is -1.09. The van der Waals surface area contributed by atoms with Crippen molar-refractivity contribution in [3.63, 3.8) is 0 Å². The van der Waals surface area contributed by atoms with Crippen LogP contribution < -0.4 is 4.74 Å². The Morgan fingerprint density at radius 1 is 1.24 bits per heavy atom. The van der Waals surface area contributed by atoms with Crippen molar-refractivity contribution in [2.45, 2.75) is 20.0 Å². The van der Waals surface area contributed by atoms with Crippen LogP contribution in [0.15, 0.2) is 36.4 Å². The lowest BCUT2D eigenvalue weighted by molar-refractivity contribution is -0.386. The second kappa shape index (κ2) is 5.88. The number of halogens is 1. The first kappa shape index (κ1) is 14.9. The van der Waals surface area contributed by atoms with Gasteiger partial charge in [0, 0.05) is 5.56 Å². The highest BCUT2D eigenvalue weighted by Gasteiger charge is 2.21. The quantitative estimate of drug-likeness (QED) is 0.685. The molecule has 0 aliphatic carbocycles. The number of para-hydroxylation sites is 1. The molecular formula is C15H14FNO4. The van der Waals surface area contributed by atoms with Gasteiger partial charge < -0.3 is 9.84 Å². The monoisotopic (exact) mass is 291 g/mol. The van der Waals surface area contributed by atoms with Gasteiger partial charge in [0.1, 0.15) is 11.6 Å². The predicted molar refractivity (Wildman–Crippen MR) is 74.9 cm³/mol. The maximum atomic E-state index is 13.8. The molecule has 1 atom stereocenters. The summed E-state index contributed by atoms with van der Waals surface area (Å²) in [5, 5.41) is 20.8. The summed E-state index contributed by atoms with van der Waals surface area (Å²) >= 11 is 0. The van der Waals surface area contributed by atoms with Gasteiger partial charge in [-0.05, 0) is 32.0 Å². The summed E-state index contributed by atoms with van der Waals surface area (Å²) in [6.07, 6.45) is -1.09. The Kier molecular flexibility index (Phi) is 4.18. The van der Waals surface area contributed by atoms with E-state index >= 15 is 0 Å². The molecule has 0 unspecified atom stereocenters. The van der Waals surface area contributed by atoms with Gasteiger partial charge in [-0.25, -0.2) is 4.39 Å². The third-order valence-corrected chi connectivity index (χ3v) is 3.03. The zero-order valence-electron chi connectivity index (χ0n) is 11.5. The van der Waals surface area contributed by atoms with Crippen LogP contribution in [-0.4, -0.2) is 10.0 Å². The molecule has 2 aromatic carbocycles. The normalized spacial score (nSPS) is 12.0. The summed E-state index contributed by atoms with van der Waals surface area (Å²) < 4.78 is 19.3. The molecule has 5 nitrogen and oxygen atoms in total. The van der Waals surface area contributed by atoms with Gasteiger partial charge >= 0.3 is 5.69 Å². The number of aliphatic hydroxyl groups is 1. The Balaban J connectivity index is 2.52. The van der Waals surface area contributed by atoms with E-state index in [9.17, 15) is 19.6 Å². The van der Waals surface area contributed by atoms with E-state index in [0.29, 0.717) is 5.56 Å². The van der Waals surface area contributed by atoms with Crippen LogP contribution in [0.3, 0.4) is 0 Å². The molecule has 0 saturated heterocycles. The highest BCUT2D eigenvalue weighted by Crippen LogP contribution is 2.37. The van der Waals surface area contributed by atoms with Crippen LogP contribution in [0.1, 0.15) is 24.2 Å². The molecule has 2 aromatic rings. The van der Waals surface area contributed by atoms with E-state index in [0.717, 1.165) is 0 Å². The highest BCUT2D eigenvalue weighted by molar-refractivity contribution is 5.54. The molecule has 110 valence electrons. The zero-order valence-corrected chi connectivity index (χ0v) is 11.5.